The summed E-state index contributed by atoms with van der Waals surface area (Å²) in [6.07, 6.45) is 1.64. The second-order valence-electron chi connectivity index (χ2n) is 8.26. The summed E-state index contributed by atoms with van der Waals surface area (Å²) in [5.41, 5.74) is 3.62. The van der Waals surface area contributed by atoms with E-state index in [1.807, 2.05) is 13.1 Å². The molecule has 8 heteroatoms. The van der Waals surface area contributed by atoms with Gasteiger partial charge >= 0.3 is 0 Å². The predicted molar refractivity (Wildman–Crippen MR) is 121 cm³/mol. The monoisotopic (exact) mass is 426 g/mol. The lowest BCUT2D eigenvalue weighted by molar-refractivity contribution is 0.0168. The van der Waals surface area contributed by atoms with Crippen molar-refractivity contribution in [2.45, 2.75) is 19.5 Å². The average molecular weight is 427 g/mol. The minimum absolute atomic E-state index is 0.301. The van der Waals surface area contributed by atoms with Crippen molar-refractivity contribution < 1.29 is 9.26 Å². The van der Waals surface area contributed by atoms with Crippen LogP contribution in [0, 0.1) is 6.92 Å². The third kappa shape index (κ3) is 5.84. The molecule has 8 nitrogen and oxygen atoms in total. The predicted octanol–water partition coefficient (Wildman–Crippen LogP) is 1.75. The molecule has 0 saturated carbocycles. The molecule has 31 heavy (non-hydrogen) atoms. The van der Waals surface area contributed by atoms with E-state index in [-0.39, 0.29) is 0 Å². The Balaban J connectivity index is 1.34. The summed E-state index contributed by atoms with van der Waals surface area (Å²) >= 11 is 0. The lowest BCUT2D eigenvalue weighted by Crippen LogP contribution is -2.53. The Labute approximate surface area is 184 Å². The Kier molecular flexibility index (Phi) is 7.56. The Bertz CT molecular complexity index is 809. The van der Waals surface area contributed by atoms with Crippen LogP contribution in [0.3, 0.4) is 0 Å². The first kappa shape index (κ1) is 21.8. The zero-order chi connectivity index (χ0) is 21.5. The normalized spacial score (nSPS) is 20.1. The smallest absolute Gasteiger partial charge is 0.193 e. The molecule has 0 spiro atoms. The van der Waals surface area contributed by atoms with Crippen LogP contribution in [0.1, 0.15) is 22.9 Å². The summed E-state index contributed by atoms with van der Waals surface area (Å²) in [6, 6.07) is 11.1. The van der Waals surface area contributed by atoms with Crippen LogP contribution in [0.15, 0.2) is 46.1 Å². The molecule has 1 aromatic carbocycles. The molecule has 2 aliphatic rings. The van der Waals surface area contributed by atoms with E-state index in [1.54, 1.807) is 6.26 Å². The first-order valence-electron chi connectivity index (χ1n) is 11.2. The zero-order valence-corrected chi connectivity index (χ0v) is 18.7. The van der Waals surface area contributed by atoms with E-state index in [4.69, 9.17) is 9.26 Å². The second kappa shape index (κ2) is 10.7. The fraction of sp³-hybridized carbons (Fsp3) is 0.565. The maximum Gasteiger partial charge on any atom is 0.193 e. The quantitative estimate of drug-likeness (QED) is 0.557. The third-order valence-electron chi connectivity index (χ3n) is 6.16. The second-order valence-corrected chi connectivity index (χ2v) is 8.26. The summed E-state index contributed by atoms with van der Waals surface area (Å²) in [4.78, 5) is 11.9. The molecule has 1 aromatic heterocycles. The van der Waals surface area contributed by atoms with Crippen molar-refractivity contribution in [3.8, 4) is 0 Å². The molecule has 1 atom stereocenters. The van der Waals surface area contributed by atoms with E-state index in [2.05, 4.69) is 61.4 Å². The first-order chi connectivity index (χ1) is 15.2. The van der Waals surface area contributed by atoms with E-state index in [1.165, 1.54) is 11.1 Å². The van der Waals surface area contributed by atoms with Crippen molar-refractivity contribution in [2.24, 2.45) is 4.99 Å². The molecular formula is C23H34N6O2. The molecule has 0 radical (unpaired) electrons. The number of benzene rings is 1. The Morgan fingerprint density at radius 2 is 1.81 bits per heavy atom. The zero-order valence-electron chi connectivity index (χ0n) is 18.7. The van der Waals surface area contributed by atoms with Gasteiger partial charge in [-0.2, -0.15) is 0 Å². The molecule has 1 unspecified atom stereocenters. The molecule has 4 rings (SSSR count). The highest BCUT2D eigenvalue weighted by molar-refractivity contribution is 5.80. The van der Waals surface area contributed by atoms with Gasteiger partial charge in [-0.25, -0.2) is 0 Å². The van der Waals surface area contributed by atoms with Gasteiger partial charge in [-0.15, -0.1) is 0 Å². The van der Waals surface area contributed by atoms with Crippen molar-refractivity contribution in [1.82, 2.24) is 25.2 Å². The van der Waals surface area contributed by atoms with Crippen LogP contribution in [0.2, 0.25) is 0 Å². The van der Waals surface area contributed by atoms with Gasteiger partial charge in [-0.3, -0.25) is 14.8 Å². The van der Waals surface area contributed by atoms with Crippen LogP contribution in [-0.2, 0) is 11.3 Å². The number of rotatable bonds is 6. The number of aryl methyl sites for hydroxylation is 1. The maximum atomic E-state index is 5.59. The van der Waals surface area contributed by atoms with Gasteiger partial charge in [0.1, 0.15) is 6.26 Å². The Hall–Kier alpha value is -2.42. The number of nitrogens with one attached hydrogen (secondary N) is 1. The highest BCUT2D eigenvalue weighted by Gasteiger charge is 2.25. The lowest BCUT2D eigenvalue weighted by atomic mass is 10.0. The maximum absolute atomic E-state index is 5.59. The SMILES string of the molecule is CN=C(NCC(c1ccc(C)cc1)N1CCOCC1)N1CCN(Cc2ccon2)CC1. The topological polar surface area (TPSA) is 69.4 Å². The fourth-order valence-corrected chi connectivity index (χ4v) is 4.32. The number of aromatic nitrogens is 1. The van der Waals surface area contributed by atoms with Crippen molar-refractivity contribution >= 4 is 5.96 Å². The van der Waals surface area contributed by atoms with Crippen LogP contribution < -0.4 is 5.32 Å². The molecule has 0 amide bonds. The van der Waals surface area contributed by atoms with Crippen LogP contribution in [0.25, 0.3) is 0 Å². The van der Waals surface area contributed by atoms with Crippen LogP contribution in [0.5, 0.6) is 0 Å². The summed E-state index contributed by atoms with van der Waals surface area (Å²) < 4.78 is 10.5. The minimum Gasteiger partial charge on any atom is -0.379 e. The summed E-state index contributed by atoms with van der Waals surface area (Å²) in [5.74, 6) is 0.978. The van der Waals surface area contributed by atoms with E-state index in [0.29, 0.717) is 6.04 Å². The molecule has 3 heterocycles. The van der Waals surface area contributed by atoms with Gasteiger partial charge < -0.3 is 19.5 Å². The lowest BCUT2D eigenvalue weighted by Gasteiger charge is -2.38. The average Bonchev–Trinajstić information content (AvgIpc) is 3.32. The van der Waals surface area contributed by atoms with Gasteiger partial charge in [0.15, 0.2) is 5.96 Å². The fourth-order valence-electron chi connectivity index (χ4n) is 4.32. The van der Waals surface area contributed by atoms with E-state index in [0.717, 1.165) is 77.2 Å². The molecule has 2 saturated heterocycles. The molecular weight excluding hydrogens is 392 g/mol. The van der Waals surface area contributed by atoms with Crippen molar-refractivity contribution in [3.05, 3.63) is 53.4 Å². The largest absolute Gasteiger partial charge is 0.379 e. The standard InChI is InChI=1S/C23H34N6O2/c1-19-3-5-20(6-4-19)22(28-12-15-30-16-13-28)17-25-23(24-2)29-10-8-27(9-11-29)18-21-7-14-31-26-21/h3-7,14,22H,8-13,15-18H2,1-2H3,(H,24,25). The van der Waals surface area contributed by atoms with Gasteiger partial charge in [0, 0.05) is 65.5 Å². The minimum atomic E-state index is 0.301. The summed E-state index contributed by atoms with van der Waals surface area (Å²) in [7, 11) is 1.87. The van der Waals surface area contributed by atoms with Crippen LogP contribution in [0.4, 0.5) is 0 Å². The number of hydrogen-bond acceptors (Lipinski definition) is 6. The number of ether oxygens (including phenoxy) is 1. The number of guanidine groups is 1. The Morgan fingerprint density at radius 3 is 2.45 bits per heavy atom. The highest BCUT2D eigenvalue weighted by atomic mass is 16.5. The number of hydrogen-bond donors (Lipinski definition) is 1. The molecule has 1 N–H and O–H groups in total. The van der Waals surface area contributed by atoms with Crippen molar-refractivity contribution in [3.63, 3.8) is 0 Å². The van der Waals surface area contributed by atoms with Crippen molar-refractivity contribution in [1.29, 1.82) is 0 Å². The molecule has 168 valence electrons. The molecule has 0 bridgehead atoms. The van der Waals surface area contributed by atoms with Crippen LogP contribution >= 0.6 is 0 Å². The summed E-state index contributed by atoms with van der Waals surface area (Å²) in [5, 5.41) is 7.69. The van der Waals surface area contributed by atoms with Crippen LogP contribution in [-0.4, -0.2) is 91.9 Å². The van der Waals surface area contributed by atoms with Gasteiger partial charge in [-0.05, 0) is 12.5 Å². The number of nitrogens with zero attached hydrogens (tertiary/aromatic N) is 5. The molecule has 2 fully saturated rings. The van der Waals surface area contributed by atoms with Gasteiger partial charge in [0.25, 0.3) is 0 Å². The van der Waals surface area contributed by atoms with E-state index in [9.17, 15) is 0 Å². The van der Waals surface area contributed by atoms with Crippen molar-refractivity contribution in [2.75, 3.05) is 66.1 Å². The third-order valence-corrected chi connectivity index (χ3v) is 6.16. The number of morpholine rings is 1. The first-order valence-corrected chi connectivity index (χ1v) is 11.2. The van der Waals surface area contributed by atoms with Gasteiger partial charge in [-0.1, -0.05) is 35.0 Å². The molecule has 2 aliphatic heterocycles. The number of aliphatic imine (C=N–C) groups is 1. The number of piperazine rings is 1. The van der Waals surface area contributed by atoms with Gasteiger partial charge in [0.05, 0.1) is 24.9 Å². The van der Waals surface area contributed by atoms with E-state index >= 15 is 0 Å². The Morgan fingerprint density at radius 1 is 1.06 bits per heavy atom. The molecule has 2 aromatic rings. The van der Waals surface area contributed by atoms with Gasteiger partial charge in [0.2, 0.25) is 0 Å². The molecule has 0 aliphatic carbocycles. The highest BCUT2D eigenvalue weighted by Crippen LogP contribution is 2.22. The summed E-state index contributed by atoms with van der Waals surface area (Å²) in [6.45, 7) is 11.2. The van der Waals surface area contributed by atoms with E-state index < -0.39 is 0 Å².